The van der Waals surface area contributed by atoms with E-state index in [1.54, 1.807) is 18.2 Å². The molecule has 128 valence electrons. The molecule has 5 heteroatoms. The first-order valence-electron chi connectivity index (χ1n) is 7.65. The van der Waals surface area contributed by atoms with Gasteiger partial charge in [0.05, 0.1) is 19.8 Å². The van der Waals surface area contributed by atoms with Crippen LogP contribution in [-0.4, -0.2) is 33.4 Å². The lowest BCUT2D eigenvalue weighted by Crippen LogP contribution is -2.11. The van der Waals surface area contributed by atoms with E-state index < -0.39 is 5.97 Å². The number of hydrogen-bond donors (Lipinski definition) is 0. The lowest BCUT2D eigenvalue weighted by Gasteiger charge is -2.14. The van der Waals surface area contributed by atoms with Crippen LogP contribution in [0.1, 0.15) is 21.5 Å². The molecule has 24 heavy (non-hydrogen) atoms. The van der Waals surface area contributed by atoms with Gasteiger partial charge in [-0.2, -0.15) is 0 Å². The molecule has 0 bridgehead atoms. The number of methoxy groups -OCH3 is 2. The zero-order valence-corrected chi connectivity index (χ0v) is 14.4. The van der Waals surface area contributed by atoms with Crippen molar-refractivity contribution in [1.82, 2.24) is 0 Å². The minimum Gasteiger partial charge on any atom is -0.493 e. The van der Waals surface area contributed by atoms with Gasteiger partial charge in [-0.1, -0.05) is 18.2 Å². The average molecular weight is 330 g/mol. The molecule has 0 N–H and O–H groups in total. The fourth-order valence-corrected chi connectivity index (χ4v) is 2.35. The first-order chi connectivity index (χ1) is 11.6. The number of rotatable bonds is 7. The van der Waals surface area contributed by atoms with Crippen molar-refractivity contribution in [1.29, 1.82) is 0 Å². The molecule has 0 saturated heterocycles. The highest BCUT2D eigenvalue weighted by atomic mass is 16.5. The Hall–Kier alpha value is -2.69. The Morgan fingerprint density at radius 3 is 2.21 bits per heavy atom. The highest BCUT2D eigenvalue weighted by Gasteiger charge is 2.11. The van der Waals surface area contributed by atoms with Gasteiger partial charge in [0, 0.05) is 0 Å². The molecular formula is C19H22O5. The molecular weight excluding hydrogens is 308 g/mol. The van der Waals surface area contributed by atoms with E-state index in [1.165, 1.54) is 14.2 Å². The fraction of sp³-hybridized carbons (Fsp3) is 0.316. The molecule has 2 rings (SSSR count). The van der Waals surface area contributed by atoms with E-state index in [0.717, 1.165) is 16.9 Å². The lowest BCUT2D eigenvalue weighted by atomic mass is 10.1. The van der Waals surface area contributed by atoms with Crippen molar-refractivity contribution in [2.45, 2.75) is 13.8 Å². The summed E-state index contributed by atoms with van der Waals surface area (Å²) in [6, 6.07) is 10.9. The van der Waals surface area contributed by atoms with E-state index in [2.05, 4.69) is 0 Å². The molecule has 5 nitrogen and oxygen atoms in total. The summed E-state index contributed by atoms with van der Waals surface area (Å²) in [4.78, 5) is 11.5. The van der Waals surface area contributed by atoms with Crippen molar-refractivity contribution in [3.05, 3.63) is 53.1 Å². The third-order valence-corrected chi connectivity index (χ3v) is 3.58. The van der Waals surface area contributed by atoms with Crippen molar-refractivity contribution in [2.24, 2.45) is 0 Å². The topological polar surface area (TPSA) is 54.0 Å². The number of aryl methyl sites for hydroxylation is 2. The van der Waals surface area contributed by atoms with Gasteiger partial charge in [0.25, 0.3) is 0 Å². The maximum absolute atomic E-state index is 11.5. The van der Waals surface area contributed by atoms with E-state index >= 15 is 0 Å². The van der Waals surface area contributed by atoms with Crippen molar-refractivity contribution >= 4 is 5.97 Å². The number of esters is 1. The van der Waals surface area contributed by atoms with Gasteiger partial charge in [-0.15, -0.1) is 0 Å². The van der Waals surface area contributed by atoms with Crippen LogP contribution in [0.15, 0.2) is 36.4 Å². The van der Waals surface area contributed by atoms with Crippen LogP contribution in [-0.2, 0) is 4.74 Å². The van der Waals surface area contributed by atoms with E-state index in [0.29, 0.717) is 30.3 Å². The second kappa shape index (κ2) is 8.24. The Labute approximate surface area is 142 Å². The maximum Gasteiger partial charge on any atom is 0.337 e. The third-order valence-electron chi connectivity index (χ3n) is 3.58. The van der Waals surface area contributed by atoms with Gasteiger partial charge < -0.3 is 18.9 Å². The Kier molecular flexibility index (Phi) is 6.07. The van der Waals surface area contributed by atoms with Crippen molar-refractivity contribution in [3.63, 3.8) is 0 Å². The molecule has 0 fully saturated rings. The summed E-state index contributed by atoms with van der Waals surface area (Å²) in [5.41, 5.74) is 2.60. The minimum atomic E-state index is -0.418. The minimum absolute atomic E-state index is 0.363. The molecule has 0 radical (unpaired) electrons. The summed E-state index contributed by atoms with van der Waals surface area (Å²) < 4.78 is 21.4. The Balaban J connectivity index is 1.96. The molecule has 0 aliphatic rings. The molecule has 2 aromatic carbocycles. The predicted octanol–water partition coefficient (Wildman–Crippen LogP) is 3.56. The zero-order chi connectivity index (χ0) is 17.5. The van der Waals surface area contributed by atoms with Crippen LogP contribution in [0.5, 0.6) is 17.2 Å². The van der Waals surface area contributed by atoms with Crippen molar-refractivity contribution in [3.8, 4) is 17.2 Å². The number of carbonyl (C=O) groups excluding carboxylic acids is 1. The SMILES string of the molecule is COC(=O)c1ccc(OCCOc2c(C)cccc2C)c(OC)c1. The Morgan fingerprint density at radius 2 is 1.58 bits per heavy atom. The van der Waals surface area contributed by atoms with Crippen LogP contribution >= 0.6 is 0 Å². The van der Waals surface area contributed by atoms with Crippen LogP contribution in [0.4, 0.5) is 0 Å². The molecule has 0 amide bonds. The first-order valence-corrected chi connectivity index (χ1v) is 7.65. The third kappa shape index (κ3) is 4.19. The number of hydrogen-bond acceptors (Lipinski definition) is 5. The van der Waals surface area contributed by atoms with E-state index in [-0.39, 0.29) is 0 Å². The molecule has 0 spiro atoms. The van der Waals surface area contributed by atoms with Crippen LogP contribution < -0.4 is 14.2 Å². The summed E-state index contributed by atoms with van der Waals surface area (Å²) in [5, 5.41) is 0. The molecule has 0 atom stereocenters. The van der Waals surface area contributed by atoms with Gasteiger partial charge >= 0.3 is 5.97 Å². The average Bonchev–Trinajstić information content (AvgIpc) is 2.60. The lowest BCUT2D eigenvalue weighted by molar-refractivity contribution is 0.0600. The zero-order valence-electron chi connectivity index (χ0n) is 14.4. The van der Waals surface area contributed by atoms with Crippen LogP contribution in [0.3, 0.4) is 0 Å². The first kappa shape index (κ1) is 17.7. The van der Waals surface area contributed by atoms with E-state index in [9.17, 15) is 4.79 Å². The molecule has 2 aromatic rings. The monoisotopic (exact) mass is 330 g/mol. The molecule has 0 aliphatic heterocycles. The van der Waals surface area contributed by atoms with Gasteiger partial charge in [0.2, 0.25) is 0 Å². The number of carbonyl (C=O) groups is 1. The van der Waals surface area contributed by atoms with Crippen LogP contribution in [0.2, 0.25) is 0 Å². The van der Waals surface area contributed by atoms with Gasteiger partial charge in [-0.3, -0.25) is 0 Å². The highest BCUT2D eigenvalue weighted by molar-refractivity contribution is 5.90. The summed E-state index contributed by atoms with van der Waals surface area (Å²) in [5.74, 6) is 1.49. The molecule has 0 heterocycles. The summed E-state index contributed by atoms with van der Waals surface area (Å²) in [7, 11) is 2.86. The molecule has 0 saturated carbocycles. The summed E-state index contributed by atoms with van der Waals surface area (Å²) in [6.07, 6.45) is 0. The standard InChI is InChI=1S/C19H22O5/c1-13-6-5-7-14(2)18(13)24-11-10-23-16-9-8-15(19(20)22-4)12-17(16)21-3/h5-9,12H,10-11H2,1-4H3. The van der Waals surface area contributed by atoms with Crippen molar-refractivity contribution in [2.75, 3.05) is 27.4 Å². The van der Waals surface area contributed by atoms with Crippen LogP contribution in [0.25, 0.3) is 0 Å². The molecule has 0 aromatic heterocycles. The predicted molar refractivity (Wildman–Crippen MR) is 91.2 cm³/mol. The largest absolute Gasteiger partial charge is 0.493 e. The number of ether oxygens (including phenoxy) is 4. The maximum atomic E-state index is 11.5. The van der Waals surface area contributed by atoms with Gasteiger partial charge in [0.1, 0.15) is 19.0 Å². The fourth-order valence-electron chi connectivity index (χ4n) is 2.35. The van der Waals surface area contributed by atoms with Gasteiger partial charge in [-0.25, -0.2) is 4.79 Å². The second-order valence-electron chi connectivity index (χ2n) is 5.28. The van der Waals surface area contributed by atoms with Crippen molar-refractivity contribution < 1.29 is 23.7 Å². The smallest absolute Gasteiger partial charge is 0.337 e. The molecule has 0 aliphatic carbocycles. The number of para-hydroxylation sites is 1. The Bertz CT molecular complexity index is 689. The van der Waals surface area contributed by atoms with Gasteiger partial charge in [0.15, 0.2) is 11.5 Å². The highest BCUT2D eigenvalue weighted by Crippen LogP contribution is 2.28. The number of benzene rings is 2. The summed E-state index contributed by atoms with van der Waals surface area (Å²) in [6.45, 7) is 4.80. The Morgan fingerprint density at radius 1 is 0.917 bits per heavy atom. The van der Waals surface area contributed by atoms with Gasteiger partial charge in [-0.05, 0) is 43.2 Å². The quantitative estimate of drug-likeness (QED) is 0.574. The van der Waals surface area contributed by atoms with E-state index in [4.69, 9.17) is 18.9 Å². The molecule has 0 unspecified atom stereocenters. The summed E-state index contributed by atoms with van der Waals surface area (Å²) >= 11 is 0. The second-order valence-corrected chi connectivity index (χ2v) is 5.28. The normalized spacial score (nSPS) is 10.2. The van der Waals surface area contributed by atoms with Crippen LogP contribution in [0, 0.1) is 13.8 Å². The van der Waals surface area contributed by atoms with E-state index in [1.807, 2.05) is 32.0 Å².